The Morgan fingerprint density at radius 2 is 1.62 bits per heavy atom. The molecule has 2 rings (SSSR count). The van der Waals surface area contributed by atoms with Gasteiger partial charge in [0.15, 0.2) is 0 Å². The molecule has 0 atom stereocenters. The molecule has 1 N–H and O–H groups in total. The van der Waals surface area contributed by atoms with Crippen LogP contribution in [0.2, 0.25) is 0 Å². The highest BCUT2D eigenvalue weighted by Gasteiger charge is 2.29. The van der Waals surface area contributed by atoms with E-state index in [9.17, 15) is 22.4 Å². The van der Waals surface area contributed by atoms with E-state index in [0.29, 0.717) is 5.56 Å². The Bertz CT molecular complexity index is 635. The van der Waals surface area contributed by atoms with Crippen molar-refractivity contribution in [2.45, 2.75) is 12.7 Å². The highest BCUT2D eigenvalue weighted by Crippen LogP contribution is 2.29. The largest absolute Gasteiger partial charge is 0.416 e. The monoisotopic (exact) mass is 297 g/mol. The summed E-state index contributed by atoms with van der Waals surface area (Å²) in [5, 5.41) is 2.45. The van der Waals surface area contributed by atoms with Crippen LogP contribution in [0.1, 0.15) is 21.5 Å². The zero-order valence-electron chi connectivity index (χ0n) is 10.7. The Morgan fingerprint density at radius 1 is 1.00 bits per heavy atom. The molecular formula is C15H11F4NO. The average Bonchev–Trinajstić information content (AvgIpc) is 2.45. The lowest BCUT2D eigenvalue weighted by atomic mass is 10.1. The second kappa shape index (κ2) is 5.95. The van der Waals surface area contributed by atoms with Gasteiger partial charge in [-0.3, -0.25) is 4.79 Å². The minimum atomic E-state index is -4.39. The maximum Gasteiger partial charge on any atom is 0.416 e. The summed E-state index contributed by atoms with van der Waals surface area (Å²) >= 11 is 0. The molecule has 6 heteroatoms. The Kier molecular flexibility index (Phi) is 4.26. The van der Waals surface area contributed by atoms with Gasteiger partial charge in [-0.05, 0) is 29.8 Å². The lowest BCUT2D eigenvalue weighted by Gasteiger charge is -2.09. The molecule has 0 radical (unpaired) electrons. The third-order valence-electron chi connectivity index (χ3n) is 2.85. The molecule has 0 saturated heterocycles. The molecule has 0 bridgehead atoms. The van der Waals surface area contributed by atoms with E-state index in [4.69, 9.17) is 0 Å². The SMILES string of the molecule is O=C(NCc1ccc(C(F)(F)F)cc1)c1ccccc1F. The normalized spacial score (nSPS) is 11.2. The number of benzene rings is 2. The lowest BCUT2D eigenvalue weighted by molar-refractivity contribution is -0.137. The van der Waals surface area contributed by atoms with Crippen LogP contribution < -0.4 is 5.32 Å². The molecule has 0 fully saturated rings. The predicted octanol–water partition coefficient (Wildman–Crippen LogP) is 3.77. The predicted molar refractivity (Wildman–Crippen MR) is 69.0 cm³/mol. The Labute approximate surface area is 118 Å². The zero-order valence-corrected chi connectivity index (χ0v) is 10.7. The van der Waals surface area contributed by atoms with Crippen LogP contribution in [0, 0.1) is 5.82 Å². The first-order valence-corrected chi connectivity index (χ1v) is 6.07. The maximum absolute atomic E-state index is 13.4. The zero-order chi connectivity index (χ0) is 15.5. The fourth-order valence-corrected chi connectivity index (χ4v) is 1.73. The third kappa shape index (κ3) is 3.81. The van der Waals surface area contributed by atoms with Crippen molar-refractivity contribution in [3.63, 3.8) is 0 Å². The highest BCUT2D eigenvalue weighted by atomic mass is 19.4. The number of alkyl halides is 3. The topological polar surface area (TPSA) is 29.1 Å². The van der Waals surface area contributed by atoms with Gasteiger partial charge in [-0.15, -0.1) is 0 Å². The molecule has 2 nitrogen and oxygen atoms in total. The molecule has 0 aliphatic heterocycles. The molecule has 110 valence electrons. The molecule has 1 amide bonds. The molecule has 0 saturated carbocycles. The van der Waals surface area contributed by atoms with Gasteiger partial charge in [0.05, 0.1) is 11.1 Å². The number of halogens is 4. The summed E-state index contributed by atoms with van der Waals surface area (Å²) in [6, 6.07) is 9.88. The van der Waals surface area contributed by atoms with Crippen molar-refractivity contribution in [2.75, 3.05) is 0 Å². The Balaban J connectivity index is 2.00. The first kappa shape index (κ1) is 15.0. The van der Waals surface area contributed by atoms with Gasteiger partial charge in [0.2, 0.25) is 0 Å². The van der Waals surface area contributed by atoms with Gasteiger partial charge in [-0.25, -0.2) is 4.39 Å². The number of hydrogen-bond acceptors (Lipinski definition) is 1. The molecule has 2 aromatic carbocycles. The van der Waals surface area contributed by atoms with Crippen molar-refractivity contribution < 1.29 is 22.4 Å². The number of carbonyl (C=O) groups excluding carboxylic acids is 1. The number of amides is 1. The molecule has 21 heavy (non-hydrogen) atoms. The lowest BCUT2D eigenvalue weighted by Crippen LogP contribution is -2.23. The summed E-state index contributed by atoms with van der Waals surface area (Å²) < 4.78 is 50.5. The van der Waals surface area contributed by atoms with Crippen molar-refractivity contribution in [1.29, 1.82) is 0 Å². The average molecular weight is 297 g/mol. The van der Waals surface area contributed by atoms with E-state index in [1.807, 2.05) is 0 Å². The van der Waals surface area contributed by atoms with Gasteiger partial charge >= 0.3 is 6.18 Å². The maximum atomic E-state index is 13.4. The summed E-state index contributed by atoms with van der Waals surface area (Å²) in [5.74, 6) is -1.27. The molecule has 0 aromatic heterocycles. The third-order valence-corrected chi connectivity index (χ3v) is 2.85. The summed E-state index contributed by atoms with van der Waals surface area (Å²) in [5.41, 5.74) is -0.371. The second-order valence-corrected chi connectivity index (χ2v) is 4.36. The van der Waals surface area contributed by atoms with Crippen LogP contribution >= 0.6 is 0 Å². The van der Waals surface area contributed by atoms with Crippen LogP contribution in [0.5, 0.6) is 0 Å². The fourth-order valence-electron chi connectivity index (χ4n) is 1.73. The van der Waals surface area contributed by atoms with E-state index in [2.05, 4.69) is 5.32 Å². The summed E-state index contributed by atoms with van der Waals surface area (Å²) in [4.78, 5) is 11.7. The van der Waals surface area contributed by atoms with E-state index in [-0.39, 0.29) is 12.1 Å². The highest BCUT2D eigenvalue weighted by molar-refractivity contribution is 5.94. The van der Waals surface area contributed by atoms with Gasteiger partial charge < -0.3 is 5.32 Å². The van der Waals surface area contributed by atoms with Gasteiger partial charge in [-0.2, -0.15) is 13.2 Å². The van der Waals surface area contributed by atoms with Crippen molar-refractivity contribution >= 4 is 5.91 Å². The van der Waals surface area contributed by atoms with E-state index in [0.717, 1.165) is 18.2 Å². The smallest absolute Gasteiger partial charge is 0.348 e. The van der Waals surface area contributed by atoms with E-state index in [1.165, 1.54) is 30.3 Å². The van der Waals surface area contributed by atoms with Crippen LogP contribution in [-0.2, 0) is 12.7 Å². The van der Waals surface area contributed by atoms with Crippen molar-refractivity contribution in [3.8, 4) is 0 Å². The first-order valence-electron chi connectivity index (χ1n) is 6.07. The molecule has 0 aliphatic carbocycles. The Hall–Kier alpha value is -2.37. The molecule has 0 unspecified atom stereocenters. The molecule has 0 aliphatic rings. The summed E-state index contributed by atoms with van der Waals surface area (Å²) in [6.07, 6.45) is -4.39. The van der Waals surface area contributed by atoms with Gasteiger partial charge in [0.1, 0.15) is 5.82 Å². The van der Waals surface area contributed by atoms with Gasteiger partial charge in [0, 0.05) is 6.54 Å². The number of nitrogens with one attached hydrogen (secondary N) is 1. The molecular weight excluding hydrogens is 286 g/mol. The minimum absolute atomic E-state index is 0.0192. The van der Waals surface area contributed by atoms with E-state index in [1.54, 1.807) is 0 Å². The summed E-state index contributed by atoms with van der Waals surface area (Å²) in [7, 11) is 0. The second-order valence-electron chi connectivity index (χ2n) is 4.36. The molecule has 0 spiro atoms. The van der Waals surface area contributed by atoms with E-state index >= 15 is 0 Å². The standard InChI is InChI=1S/C15H11F4NO/c16-13-4-2-1-3-12(13)14(21)20-9-10-5-7-11(8-6-10)15(17,18)19/h1-8H,9H2,(H,20,21). The number of rotatable bonds is 3. The van der Waals surface area contributed by atoms with Crippen LogP contribution in [0.4, 0.5) is 17.6 Å². The van der Waals surface area contributed by atoms with Crippen LogP contribution in [-0.4, -0.2) is 5.91 Å². The van der Waals surface area contributed by atoms with Gasteiger partial charge in [0.25, 0.3) is 5.91 Å². The first-order chi connectivity index (χ1) is 9.88. The molecule has 0 heterocycles. The fraction of sp³-hybridized carbons (Fsp3) is 0.133. The van der Waals surface area contributed by atoms with E-state index < -0.39 is 23.5 Å². The quantitative estimate of drug-likeness (QED) is 0.858. The summed E-state index contributed by atoms with van der Waals surface area (Å²) in [6.45, 7) is 0.0192. The van der Waals surface area contributed by atoms with Crippen molar-refractivity contribution in [1.82, 2.24) is 5.32 Å². The van der Waals surface area contributed by atoms with Gasteiger partial charge in [-0.1, -0.05) is 24.3 Å². The number of hydrogen-bond donors (Lipinski definition) is 1. The van der Waals surface area contributed by atoms with Crippen molar-refractivity contribution in [2.24, 2.45) is 0 Å². The molecule has 2 aromatic rings. The van der Waals surface area contributed by atoms with Crippen molar-refractivity contribution in [3.05, 3.63) is 71.0 Å². The number of carbonyl (C=O) groups is 1. The van der Waals surface area contributed by atoms with Crippen LogP contribution in [0.25, 0.3) is 0 Å². The van der Waals surface area contributed by atoms with Crippen LogP contribution in [0.3, 0.4) is 0 Å². The van der Waals surface area contributed by atoms with Crippen LogP contribution in [0.15, 0.2) is 48.5 Å². The Morgan fingerprint density at radius 3 is 2.19 bits per heavy atom. The minimum Gasteiger partial charge on any atom is -0.348 e.